The summed E-state index contributed by atoms with van der Waals surface area (Å²) in [6.07, 6.45) is 6.54. The molecule has 1 aliphatic rings. The van der Waals surface area contributed by atoms with Crippen molar-refractivity contribution in [1.29, 1.82) is 0 Å². The van der Waals surface area contributed by atoms with Crippen molar-refractivity contribution in [3.8, 4) is 0 Å². The maximum absolute atomic E-state index is 10.9. The lowest BCUT2D eigenvalue weighted by Gasteiger charge is -2.26. The SMILES string of the molecule is Cc1ccc(NCCC2CCCC(C)C2)cc1[N+](=O)[O-]. The molecule has 1 fully saturated rings. The molecule has 20 heavy (non-hydrogen) atoms. The number of nitro benzene ring substituents is 1. The predicted octanol–water partition coefficient (Wildman–Crippen LogP) is 4.53. The van der Waals surface area contributed by atoms with Gasteiger partial charge in [-0.25, -0.2) is 0 Å². The minimum Gasteiger partial charge on any atom is -0.385 e. The normalized spacial score (nSPS) is 22.5. The zero-order valence-electron chi connectivity index (χ0n) is 12.4. The Kier molecular flexibility index (Phi) is 4.99. The summed E-state index contributed by atoms with van der Waals surface area (Å²) in [4.78, 5) is 10.6. The van der Waals surface area contributed by atoms with Gasteiger partial charge in [-0.05, 0) is 37.7 Å². The highest BCUT2D eigenvalue weighted by Crippen LogP contribution is 2.30. The van der Waals surface area contributed by atoms with E-state index < -0.39 is 0 Å². The van der Waals surface area contributed by atoms with Gasteiger partial charge in [0.15, 0.2) is 0 Å². The molecule has 4 nitrogen and oxygen atoms in total. The standard InChI is InChI=1S/C16H24N2O2/c1-12-4-3-5-14(10-12)8-9-17-15-7-6-13(2)16(11-15)18(19)20/h6-7,11-12,14,17H,3-5,8-10H2,1-2H3. The van der Waals surface area contributed by atoms with Gasteiger partial charge in [-0.15, -0.1) is 0 Å². The van der Waals surface area contributed by atoms with Crippen molar-refractivity contribution in [3.05, 3.63) is 33.9 Å². The van der Waals surface area contributed by atoms with Crippen LogP contribution in [0.15, 0.2) is 18.2 Å². The Morgan fingerprint density at radius 1 is 1.40 bits per heavy atom. The first-order chi connectivity index (χ1) is 9.56. The molecule has 110 valence electrons. The minimum absolute atomic E-state index is 0.196. The Labute approximate surface area is 120 Å². The summed E-state index contributed by atoms with van der Waals surface area (Å²) in [5.74, 6) is 1.67. The van der Waals surface area contributed by atoms with Gasteiger partial charge in [-0.2, -0.15) is 0 Å². The predicted molar refractivity (Wildman–Crippen MR) is 82.1 cm³/mol. The molecule has 4 heteroatoms. The topological polar surface area (TPSA) is 55.2 Å². The Morgan fingerprint density at radius 3 is 2.90 bits per heavy atom. The fraction of sp³-hybridized carbons (Fsp3) is 0.625. The van der Waals surface area contributed by atoms with E-state index in [9.17, 15) is 10.1 Å². The maximum atomic E-state index is 10.9. The molecule has 1 saturated carbocycles. The van der Waals surface area contributed by atoms with Gasteiger partial charge in [-0.1, -0.05) is 32.3 Å². The van der Waals surface area contributed by atoms with Gasteiger partial charge in [0, 0.05) is 23.9 Å². The number of anilines is 1. The van der Waals surface area contributed by atoms with Gasteiger partial charge >= 0.3 is 0 Å². The van der Waals surface area contributed by atoms with E-state index in [4.69, 9.17) is 0 Å². The van der Waals surface area contributed by atoms with Crippen LogP contribution in [0.5, 0.6) is 0 Å². The summed E-state index contributed by atoms with van der Waals surface area (Å²) in [5.41, 5.74) is 1.76. The van der Waals surface area contributed by atoms with Crippen molar-refractivity contribution in [3.63, 3.8) is 0 Å². The van der Waals surface area contributed by atoms with Gasteiger partial charge in [0.2, 0.25) is 0 Å². The smallest absolute Gasteiger partial charge is 0.274 e. The van der Waals surface area contributed by atoms with Gasteiger partial charge < -0.3 is 5.32 Å². The number of nitrogens with one attached hydrogen (secondary N) is 1. The fourth-order valence-electron chi connectivity index (χ4n) is 3.16. The first-order valence-corrected chi connectivity index (χ1v) is 7.55. The molecule has 1 aromatic carbocycles. The van der Waals surface area contributed by atoms with Crippen LogP contribution in [0.25, 0.3) is 0 Å². The van der Waals surface area contributed by atoms with Gasteiger partial charge in [0.25, 0.3) is 5.69 Å². The van der Waals surface area contributed by atoms with E-state index in [1.807, 2.05) is 12.1 Å². The van der Waals surface area contributed by atoms with Crippen LogP contribution in [0, 0.1) is 28.9 Å². The van der Waals surface area contributed by atoms with Gasteiger partial charge in [0.05, 0.1) is 4.92 Å². The minimum atomic E-state index is -0.316. The molecule has 0 bridgehead atoms. The van der Waals surface area contributed by atoms with Crippen molar-refractivity contribution in [2.24, 2.45) is 11.8 Å². The van der Waals surface area contributed by atoms with E-state index in [1.165, 1.54) is 25.7 Å². The van der Waals surface area contributed by atoms with Gasteiger partial charge in [0.1, 0.15) is 0 Å². The second kappa shape index (κ2) is 6.73. The summed E-state index contributed by atoms with van der Waals surface area (Å²) in [6.45, 7) is 5.01. The van der Waals surface area contributed by atoms with Crippen LogP contribution in [0.3, 0.4) is 0 Å². The van der Waals surface area contributed by atoms with Gasteiger partial charge in [-0.3, -0.25) is 10.1 Å². The lowest BCUT2D eigenvalue weighted by atomic mass is 9.81. The third-order valence-corrected chi connectivity index (χ3v) is 4.33. The molecule has 0 aromatic heterocycles. The summed E-state index contributed by atoms with van der Waals surface area (Å²) < 4.78 is 0. The van der Waals surface area contributed by atoms with Crippen molar-refractivity contribution < 1.29 is 4.92 Å². The summed E-state index contributed by atoms with van der Waals surface area (Å²) in [7, 11) is 0. The number of rotatable bonds is 5. The molecule has 2 atom stereocenters. The molecule has 1 aliphatic carbocycles. The quantitative estimate of drug-likeness (QED) is 0.635. The fourth-order valence-corrected chi connectivity index (χ4v) is 3.16. The number of benzene rings is 1. The van der Waals surface area contributed by atoms with Crippen LogP contribution in [-0.2, 0) is 0 Å². The van der Waals surface area contributed by atoms with Crippen molar-refractivity contribution in [2.75, 3.05) is 11.9 Å². The lowest BCUT2D eigenvalue weighted by molar-refractivity contribution is -0.385. The van der Waals surface area contributed by atoms with Crippen LogP contribution in [-0.4, -0.2) is 11.5 Å². The number of nitrogens with zero attached hydrogens (tertiary/aromatic N) is 1. The van der Waals surface area contributed by atoms with Crippen LogP contribution < -0.4 is 5.32 Å². The highest BCUT2D eigenvalue weighted by atomic mass is 16.6. The Morgan fingerprint density at radius 2 is 2.20 bits per heavy atom. The molecule has 1 aromatic rings. The third kappa shape index (κ3) is 3.95. The molecule has 2 rings (SSSR count). The Bertz CT molecular complexity index is 474. The number of hydrogen-bond acceptors (Lipinski definition) is 3. The maximum Gasteiger partial charge on any atom is 0.274 e. The molecule has 0 heterocycles. The van der Waals surface area contributed by atoms with Crippen molar-refractivity contribution in [2.45, 2.75) is 46.0 Å². The average Bonchev–Trinajstić information content (AvgIpc) is 2.40. The monoisotopic (exact) mass is 276 g/mol. The molecule has 1 N–H and O–H groups in total. The average molecular weight is 276 g/mol. The zero-order chi connectivity index (χ0) is 14.5. The van der Waals surface area contributed by atoms with E-state index >= 15 is 0 Å². The first-order valence-electron chi connectivity index (χ1n) is 7.55. The lowest BCUT2D eigenvalue weighted by Crippen LogP contribution is -2.16. The third-order valence-electron chi connectivity index (χ3n) is 4.33. The van der Waals surface area contributed by atoms with E-state index in [1.54, 1.807) is 13.0 Å². The van der Waals surface area contributed by atoms with Crippen molar-refractivity contribution >= 4 is 11.4 Å². The summed E-state index contributed by atoms with van der Waals surface area (Å²) in [6, 6.07) is 5.37. The van der Waals surface area contributed by atoms with Crippen molar-refractivity contribution in [1.82, 2.24) is 0 Å². The number of nitro groups is 1. The first kappa shape index (κ1) is 14.8. The van der Waals surface area contributed by atoms with E-state index in [2.05, 4.69) is 12.2 Å². The number of hydrogen-bond donors (Lipinski definition) is 1. The molecular weight excluding hydrogens is 252 g/mol. The summed E-state index contributed by atoms with van der Waals surface area (Å²) >= 11 is 0. The van der Waals surface area contributed by atoms with E-state index in [0.29, 0.717) is 5.56 Å². The Hall–Kier alpha value is -1.58. The molecular formula is C16H24N2O2. The molecule has 0 aliphatic heterocycles. The summed E-state index contributed by atoms with van der Waals surface area (Å²) in [5, 5.41) is 14.2. The molecule has 0 radical (unpaired) electrons. The van der Waals surface area contributed by atoms with Crippen LogP contribution in [0.1, 0.15) is 44.6 Å². The van der Waals surface area contributed by atoms with E-state index in [-0.39, 0.29) is 10.6 Å². The molecule has 0 saturated heterocycles. The highest BCUT2D eigenvalue weighted by molar-refractivity contribution is 5.54. The van der Waals surface area contributed by atoms with Crippen LogP contribution >= 0.6 is 0 Å². The van der Waals surface area contributed by atoms with Crippen LogP contribution in [0.2, 0.25) is 0 Å². The second-order valence-corrected chi connectivity index (χ2v) is 6.11. The van der Waals surface area contributed by atoms with E-state index in [0.717, 1.165) is 30.5 Å². The molecule has 0 amide bonds. The number of aryl methyl sites for hydroxylation is 1. The molecule has 2 unspecified atom stereocenters. The zero-order valence-corrected chi connectivity index (χ0v) is 12.4. The van der Waals surface area contributed by atoms with Crippen LogP contribution in [0.4, 0.5) is 11.4 Å². The highest BCUT2D eigenvalue weighted by Gasteiger charge is 2.18. The second-order valence-electron chi connectivity index (χ2n) is 6.11. The Balaban J connectivity index is 1.85. The largest absolute Gasteiger partial charge is 0.385 e. The molecule has 0 spiro atoms.